The fraction of sp³-hybridized carbons (Fsp3) is 0.0526. The number of aryl methyl sites for hydroxylation is 1. The van der Waals surface area contributed by atoms with Crippen LogP contribution in [-0.4, -0.2) is 4.57 Å². The Balaban J connectivity index is 2.33. The molecule has 1 heterocycles. The van der Waals surface area contributed by atoms with Gasteiger partial charge in [0.25, 0.3) is 0 Å². The van der Waals surface area contributed by atoms with Crippen molar-refractivity contribution in [3.63, 3.8) is 0 Å². The molecule has 0 bridgehead atoms. The lowest BCUT2D eigenvalue weighted by molar-refractivity contribution is 0.450. The molecule has 7 heteroatoms. The Hall–Kier alpha value is -2.96. The van der Waals surface area contributed by atoms with Crippen LogP contribution >= 0.6 is 0 Å². The number of halogens is 6. The van der Waals surface area contributed by atoms with Crippen molar-refractivity contribution in [1.82, 2.24) is 4.57 Å². The third kappa shape index (κ3) is 2.13. The molecule has 132 valence electrons. The molecule has 0 spiro atoms. The summed E-state index contributed by atoms with van der Waals surface area (Å²) >= 11 is 0. The molecular formula is C19H9F6N. The lowest BCUT2D eigenvalue weighted by atomic mass is 10.1. The topological polar surface area (TPSA) is 4.93 Å². The molecule has 3 aromatic carbocycles. The number of aromatic nitrogens is 1. The Bertz CT molecular complexity index is 1140. The van der Waals surface area contributed by atoms with Gasteiger partial charge in [-0.25, -0.2) is 26.3 Å². The molecule has 0 saturated carbocycles. The molecule has 0 unspecified atom stereocenters. The van der Waals surface area contributed by atoms with Gasteiger partial charge >= 0.3 is 0 Å². The van der Waals surface area contributed by atoms with Crippen molar-refractivity contribution in [2.45, 2.75) is 6.92 Å². The second kappa shape index (κ2) is 5.52. The molecule has 4 aromatic rings. The molecule has 1 aromatic heterocycles. The smallest absolute Gasteiger partial charge is 0.195 e. The predicted octanol–water partition coefficient (Wildman–Crippen LogP) is 5.93. The SMILES string of the molecule is Cc1cccc(-n2c3cc(F)c(F)c(F)c3c3c(F)c(F)c(F)cc32)c1. The van der Waals surface area contributed by atoms with E-state index in [1.54, 1.807) is 31.2 Å². The molecule has 0 saturated heterocycles. The highest BCUT2D eigenvalue weighted by Crippen LogP contribution is 2.38. The van der Waals surface area contributed by atoms with Crippen molar-refractivity contribution in [3.05, 3.63) is 76.9 Å². The summed E-state index contributed by atoms with van der Waals surface area (Å²) in [7, 11) is 0. The summed E-state index contributed by atoms with van der Waals surface area (Å²) in [5.74, 6) is -9.95. The summed E-state index contributed by atoms with van der Waals surface area (Å²) in [5, 5.41) is -1.31. The van der Waals surface area contributed by atoms with E-state index in [2.05, 4.69) is 0 Å². The first kappa shape index (κ1) is 16.5. The van der Waals surface area contributed by atoms with Crippen LogP contribution in [0.4, 0.5) is 26.3 Å². The Morgan fingerprint density at radius 1 is 0.654 bits per heavy atom. The van der Waals surface area contributed by atoms with Gasteiger partial charge in [-0.05, 0) is 24.6 Å². The number of rotatable bonds is 1. The van der Waals surface area contributed by atoms with Gasteiger partial charge < -0.3 is 4.57 Å². The van der Waals surface area contributed by atoms with Crippen LogP contribution in [0, 0.1) is 41.8 Å². The largest absolute Gasteiger partial charge is 0.309 e. The number of benzene rings is 3. The summed E-state index contributed by atoms with van der Waals surface area (Å²) in [6, 6.07) is 7.88. The number of nitrogens with zero attached hydrogens (tertiary/aromatic N) is 1. The zero-order valence-corrected chi connectivity index (χ0v) is 13.2. The molecule has 0 aliphatic rings. The fourth-order valence-electron chi connectivity index (χ4n) is 3.17. The third-order valence-corrected chi connectivity index (χ3v) is 4.27. The van der Waals surface area contributed by atoms with Crippen LogP contribution in [0.25, 0.3) is 27.5 Å². The average Bonchev–Trinajstić information content (AvgIpc) is 2.91. The molecular weight excluding hydrogens is 356 g/mol. The highest BCUT2D eigenvalue weighted by molar-refractivity contribution is 6.10. The van der Waals surface area contributed by atoms with Crippen LogP contribution in [-0.2, 0) is 0 Å². The van der Waals surface area contributed by atoms with Gasteiger partial charge in [0.05, 0.1) is 21.8 Å². The van der Waals surface area contributed by atoms with E-state index >= 15 is 0 Å². The maximum Gasteiger partial charge on any atom is 0.195 e. The van der Waals surface area contributed by atoms with E-state index in [0.717, 1.165) is 10.1 Å². The first-order valence-electron chi connectivity index (χ1n) is 7.53. The molecule has 0 atom stereocenters. The van der Waals surface area contributed by atoms with Gasteiger partial charge in [-0.2, -0.15) is 0 Å². The van der Waals surface area contributed by atoms with Crippen molar-refractivity contribution in [2.75, 3.05) is 0 Å². The zero-order chi connectivity index (χ0) is 18.7. The summed E-state index contributed by atoms with van der Waals surface area (Å²) in [5.41, 5.74) is 0.612. The normalized spacial score (nSPS) is 11.7. The van der Waals surface area contributed by atoms with Gasteiger partial charge in [-0.15, -0.1) is 0 Å². The second-order valence-corrected chi connectivity index (χ2v) is 5.94. The van der Waals surface area contributed by atoms with Crippen LogP contribution < -0.4 is 0 Å². The average molecular weight is 365 g/mol. The van der Waals surface area contributed by atoms with Crippen molar-refractivity contribution in [2.24, 2.45) is 0 Å². The molecule has 0 N–H and O–H groups in total. The number of hydrogen-bond acceptors (Lipinski definition) is 0. The second-order valence-electron chi connectivity index (χ2n) is 5.94. The van der Waals surface area contributed by atoms with Gasteiger partial charge in [-0.1, -0.05) is 12.1 Å². The third-order valence-electron chi connectivity index (χ3n) is 4.27. The predicted molar refractivity (Wildman–Crippen MR) is 85.3 cm³/mol. The highest BCUT2D eigenvalue weighted by Gasteiger charge is 2.26. The molecule has 0 amide bonds. The maximum absolute atomic E-state index is 14.4. The Kier molecular flexibility index (Phi) is 3.50. The standard InChI is InChI=1S/C19H9F6N/c1-8-3-2-4-9(5-8)26-12-6-10(20)16(22)18(24)14(12)15-13(26)7-11(21)17(23)19(15)25/h2-7H,1H3. The van der Waals surface area contributed by atoms with Crippen molar-refractivity contribution < 1.29 is 26.3 Å². The van der Waals surface area contributed by atoms with E-state index in [1.807, 2.05) is 0 Å². The summed E-state index contributed by atoms with van der Waals surface area (Å²) in [6.07, 6.45) is 0. The summed E-state index contributed by atoms with van der Waals surface area (Å²) in [4.78, 5) is 0. The van der Waals surface area contributed by atoms with E-state index in [1.165, 1.54) is 0 Å². The number of hydrogen-bond donors (Lipinski definition) is 0. The van der Waals surface area contributed by atoms with Gasteiger partial charge in [-0.3, -0.25) is 0 Å². The molecule has 1 nitrogen and oxygen atoms in total. The van der Waals surface area contributed by atoms with E-state index < -0.39 is 45.7 Å². The quantitative estimate of drug-likeness (QED) is 0.291. The molecule has 0 aliphatic carbocycles. The first-order chi connectivity index (χ1) is 12.3. The van der Waals surface area contributed by atoms with Crippen molar-refractivity contribution >= 4 is 21.8 Å². The van der Waals surface area contributed by atoms with Gasteiger partial charge in [0.2, 0.25) is 0 Å². The van der Waals surface area contributed by atoms with Gasteiger partial charge in [0.15, 0.2) is 34.9 Å². The van der Waals surface area contributed by atoms with E-state index in [9.17, 15) is 26.3 Å². The maximum atomic E-state index is 14.4. The summed E-state index contributed by atoms with van der Waals surface area (Å²) in [6.45, 7) is 1.75. The van der Waals surface area contributed by atoms with E-state index in [-0.39, 0.29) is 11.0 Å². The van der Waals surface area contributed by atoms with Crippen molar-refractivity contribution in [1.29, 1.82) is 0 Å². The van der Waals surface area contributed by atoms with Crippen LogP contribution in [0.3, 0.4) is 0 Å². The Morgan fingerprint density at radius 2 is 1.15 bits per heavy atom. The molecule has 4 rings (SSSR count). The lowest BCUT2D eigenvalue weighted by Crippen LogP contribution is -1.97. The zero-order valence-electron chi connectivity index (χ0n) is 13.2. The van der Waals surface area contributed by atoms with Crippen LogP contribution in [0.2, 0.25) is 0 Å². The minimum Gasteiger partial charge on any atom is -0.309 e. The lowest BCUT2D eigenvalue weighted by Gasteiger charge is -2.09. The van der Waals surface area contributed by atoms with Crippen LogP contribution in [0.5, 0.6) is 0 Å². The van der Waals surface area contributed by atoms with Crippen LogP contribution in [0.15, 0.2) is 36.4 Å². The first-order valence-corrected chi connectivity index (χ1v) is 7.53. The molecule has 0 aliphatic heterocycles. The fourth-order valence-corrected chi connectivity index (χ4v) is 3.17. The minimum absolute atomic E-state index is 0.245. The Labute approximate surface area is 143 Å². The summed E-state index contributed by atoms with van der Waals surface area (Å²) < 4.78 is 85.0. The molecule has 0 fully saturated rings. The number of fused-ring (bicyclic) bond motifs is 3. The molecule has 26 heavy (non-hydrogen) atoms. The van der Waals surface area contributed by atoms with Gasteiger partial charge in [0, 0.05) is 17.8 Å². The monoisotopic (exact) mass is 365 g/mol. The van der Waals surface area contributed by atoms with Crippen LogP contribution in [0.1, 0.15) is 5.56 Å². The van der Waals surface area contributed by atoms with E-state index in [4.69, 9.17) is 0 Å². The minimum atomic E-state index is -1.81. The van der Waals surface area contributed by atoms with Gasteiger partial charge in [0.1, 0.15) is 0 Å². The highest BCUT2D eigenvalue weighted by atomic mass is 19.2. The molecule has 0 radical (unpaired) electrons. The Morgan fingerprint density at radius 3 is 1.62 bits per heavy atom. The van der Waals surface area contributed by atoms with E-state index in [0.29, 0.717) is 17.8 Å². The van der Waals surface area contributed by atoms with Crippen molar-refractivity contribution in [3.8, 4) is 5.69 Å².